The number of piperidine rings is 1. The van der Waals surface area contributed by atoms with Crippen LogP contribution < -0.4 is 10.0 Å². The highest BCUT2D eigenvalue weighted by Gasteiger charge is 2.40. The van der Waals surface area contributed by atoms with E-state index in [0.717, 1.165) is 45.1 Å². The summed E-state index contributed by atoms with van der Waals surface area (Å²) < 4.78 is 29.3. The second kappa shape index (κ2) is 5.07. The van der Waals surface area contributed by atoms with Crippen LogP contribution in [0.5, 0.6) is 0 Å². The normalized spacial score (nSPS) is 34.9. The van der Waals surface area contributed by atoms with Crippen LogP contribution in [-0.4, -0.2) is 43.9 Å². The zero-order valence-corrected chi connectivity index (χ0v) is 11.6. The molecule has 3 aliphatic rings. The van der Waals surface area contributed by atoms with E-state index in [1.165, 1.54) is 6.42 Å². The topological polar surface area (TPSA) is 61.4 Å². The van der Waals surface area contributed by atoms with E-state index in [2.05, 4.69) is 10.0 Å². The fraction of sp³-hybridized carbons (Fsp3) is 1.00. The van der Waals surface area contributed by atoms with Crippen LogP contribution >= 0.6 is 0 Å². The van der Waals surface area contributed by atoms with Gasteiger partial charge in [-0.3, -0.25) is 0 Å². The predicted octanol–water partition coefficient (Wildman–Crippen LogP) is 0.590. The summed E-state index contributed by atoms with van der Waals surface area (Å²) >= 11 is 0. The van der Waals surface area contributed by atoms with Gasteiger partial charge in [0, 0.05) is 24.7 Å². The van der Waals surface area contributed by atoms with Gasteiger partial charge in [-0.2, -0.15) is 17.4 Å². The van der Waals surface area contributed by atoms with Crippen molar-refractivity contribution in [2.45, 2.75) is 63.1 Å². The maximum absolute atomic E-state index is 12.4. The largest absolute Gasteiger partial charge is 0.312 e. The third-order valence-electron chi connectivity index (χ3n) is 4.26. The summed E-state index contributed by atoms with van der Waals surface area (Å²) in [6.45, 7) is 1.72. The van der Waals surface area contributed by atoms with E-state index in [0.29, 0.717) is 12.6 Å². The number of nitrogens with zero attached hydrogens (tertiary/aromatic N) is 1. The Morgan fingerprint density at radius 1 is 1.06 bits per heavy atom. The number of nitrogens with one attached hydrogen (secondary N) is 2. The summed E-state index contributed by atoms with van der Waals surface area (Å²) in [5.41, 5.74) is 0. The molecular weight excluding hydrogens is 250 g/mol. The Kier molecular flexibility index (Phi) is 3.62. The summed E-state index contributed by atoms with van der Waals surface area (Å²) in [4.78, 5) is 0. The van der Waals surface area contributed by atoms with E-state index in [-0.39, 0.29) is 12.1 Å². The molecule has 2 heterocycles. The molecule has 18 heavy (non-hydrogen) atoms. The van der Waals surface area contributed by atoms with Gasteiger partial charge in [0.1, 0.15) is 0 Å². The minimum Gasteiger partial charge on any atom is -0.312 e. The summed E-state index contributed by atoms with van der Waals surface area (Å²) in [5.74, 6) is 0. The first-order valence-electron chi connectivity index (χ1n) is 7.19. The third-order valence-corrected chi connectivity index (χ3v) is 5.96. The van der Waals surface area contributed by atoms with Crippen LogP contribution in [0.25, 0.3) is 0 Å². The molecule has 3 rings (SSSR count). The van der Waals surface area contributed by atoms with Gasteiger partial charge in [-0.25, -0.2) is 0 Å². The highest BCUT2D eigenvalue weighted by molar-refractivity contribution is 7.87. The van der Waals surface area contributed by atoms with Crippen LogP contribution in [-0.2, 0) is 10.2 Å². The lowest BCUT2D eigenvalue weighted by atomic mass is 9.97. The van der Waals surface area contributed by atoms with Crippen molar-refractivity contribution in [3.8, 4) is 0 Å². The molecule has 0 spiro atoms. The van der Waals surface area contributed by atoms with Gasteiger partial charge in [-0.1, -0.05) is 6.42 Å². The smallest absolute Gasteiger partial charge is 0.280 e. The molecule has 1 aliphatic carbocycles. The molecule has 0 radical (unpaired) electrons. The predicted molar refractivity (Wildman–Crippen MR) is 70.4 cm³/mol. The van der Waals surface area contributed by atoms with Gasteiger partial charge in [-0.15, -0.1) is 0 Å². The van der Waals surface area contributed by atoms with Gasteiger partial charge in [0.15, 0.2) is 0 Å². The molecule has 5 nitrogen and oxygen atoms in total. The van der Waals surface area contributed by atoms with Gasteiger partial charge in [0.25, 0.3) is 10.2 Å². The SMILES string of the molecule is O=S(=O)(NC1CC1)N1CCCCC1C1CCCN1. The fourth-order valence-corrected chi connectivity index (χ4v) is 4.92. The first-order chi connectivity index (χ1) is 8.67. The molecule has 0 aromatic heterocycles. The fourth-order valence-electron chi connectivity index (χ4n) is 3.15. The Hall–Kier alpha value is -0.170. The van der Waals surface area contributed by atoms with Crippen LogP contribution in [0.1, 0.15) is 44.9 Å². The number of rotatable bonds is 4. The van der Waals surface area contributed by atoms with E-state index in [1.54, 1.807) is 4.31 Å². The first-order valence-corrected chi connectivity index (χ1v) is 8.63. The van der Waals surface area contributed by atoms with Gasteiger partial charge < -0.3 is 5.32 Å². The van der Waals surface area contributed by atoms with Gasteiger partial charge in [-0.05, 0) is 45.1 Å². The zero-order valence-electron chi connectivity index (χ0n) is 10.8. The Bertz CT molecular complexity index is 388. The number of hydrogen-bond acceptors (Lipinski definition) is 3. The molecule has 1 saturated carbocycles. The summed E-state index contributed by atoms with van der Waals surface area (Å²) in [7, 11) is -3.26. The Morgan fingerprint density at radius 3 is 2.56 bits per heavy atom. The molecule has 0 amide bonds. The lowest BCUT2D eigenvalue weighted by Gasteiger charge is -2.38. The van der Waals surface area contributed by atoms with Crippen molar-refractivity contribution in [2.24, 2.45) is 0 Å². The highest BCUT2D eigenvalue weighted by Crippen LogP contribution is 2.28. The first kappa shape index (κ1) is 12.8. The lowest BCUT2D eigenvalue weighted by Crippen LogP contribution is -2.55. The second-order valence-corrected chi connectivity index (χ2v) is 7.43. The quantitative estimate of drug-likeness (QED) is 0.788. The molecule has 0 bridgehead atoms. The molecule has 2 saturated heterocycles. The summed E-state index contributed by atoms with van der Waals surface area (Å²) in [6.07, 6.45) is 7.43. The molecule has 2 atom stereocenters. The van der Waals surface area contributed by atoms with E-state index in [9.17, 15) is 8.42 Å². The average molecular weight is 273 g/mol. The highest BCUT2D eigenvalue weighted by atomic mass is 32.2. The van der Waals surface area contributed by atoms with Gasteiger partial charge in [0.2, 0.25) is 0 Å². The third kappa shape index (κ3) is 2.71. The molecule has 0 aromatic rings. The Balaban J connectivity index is 1.73. The van der Waals surface area contributed by atoms with Crippen LogP contribution in [0.3, 0.4) is 0 Å². The Morgan fingerprint density at radius 2 is 1.89 bits per heavy atom. The average Bonchev–Trinajstić information content (AvgIpc) is 2.98. The lowest BCUT2D eigenvalue weighted by molar-refractivity contribution is 0.208. The van der Waals surface area contributed by atoms with E-state index >= 15 is 0 Å². The maximum atomic E-state index is 12.4. The molecule has 104 valence electrons. The molecule has 2 N–H and O–H groups in total. The Labute approximate surface area is 109 Å². The summed E-state index contributed by atoms with van der Waals surface area (Å²) in [5, 5.41) is 3.46. The van der Waals surface area contributed by atoms with Crippen molar-refractivity contribution in [3.05, 3.63) is 0 Å². The molecule has 3 fully saturated rings. The molecule has 6 heteroatoms. The van der Waals surface area contributed by atoms with E-state index in [1.807, 2.05) is 0 Å². The van der Waals surface area contributed by atoms with Crippen molar-refractivity contribution in [1.82, 2.24) is 14.3 Å². The van der Waals surface area contributed by atoms with Crippen LogP contribution in [0.15, 0.2) is 0 Å². The van der Waals surface area contributed by atoms with Gasteiger partial charge in [0.05, 0.1) is 0 Å². The van der Waals surface area contributed by atoms with Crippen molar-refractivity contribution < 1.29 is 8.42 Å². The minimum absolute atomic E-state index is 0.164. The van der Waals surface area contributed by atoms with Gasteiger partial charge >= 0.3 is 0 Å². The molecule has 2 unspecified atom stereocenters. The zero-order chi connectivity index (χ0) is 12.6. The van der Waals surface area contributed by atoms with Crippen LogP contribution in [0.4, 0.5) is 0 Å². The van der Waals surface area contributed by atoms with Crippen molar-refractivity contribution >= 4 is 10.2 Å². The van der Waals surface area contributed by atoms with E-state index in [4.69, 9.17) is 0 Å². The molecule has 0 aromatic carbocycles. The standard InChI is InChI=1S/C12H23N3O2S/c16-18(17,14-10-6-7-10)15-9-2-1-5-12(15)11-4-3-8-13-11/h10-14H,1-9H2. The van der Waals surface area contributed by atoms with Crippen LogP contribution in [0, 0.1) is 0 Å². The second-order valence-electron chi connectivity index (χ2n) is 5.77. The monoisotopic (exact) mass is 273 g/mol. The maximum Gasteiger partial charge on any atom is 0.280 e. The molecular formula is C12H23N3O2S. The van der Waals surface area contributed by atoms with Crippen molar-refractivity contribution in [1.29, 1.82) is 0 Å². The summed E-state index contributed by atoms with van der Waals surface area (Å²) in [6, 6.07) is 0.729. The minimum atomic E-state index is -3.26. The van der Waals surface area contributed by atoms with Crippen molar-refractivity contribution in [3.63, 3.8) is 0 Å². The molecule has 2 aliphatic heterocycles. The number of hydrogen-bond donors (Lipinski definition) is 2. The van der Waals surface area contributed by atoms with Crippen molar-refractivity contribution in [2.75, 3.05) is 13.1 Å². The van der Waals surface area contributed by atoms with E-state index < -0.39 is 10.2 Å². The van der Waals surface area contributed by atoms with Crippen LogP contribution in [0.2, 0.25) is 0 Å².